The number of anilines is 1. The highest BCUT2D eigenvalue weighted by molar-refractivity contribution is 6.06. The molecule has 1 saturated carbocycles. The first-order valence-corrected chi connectivity index (χ1v) is 7.64. The van der Waals surface area contributed by atoms with Gasteiger partial charge in [0.15, 0.2) is 12.1 Å². The number of rotatable bonds is 3. The van der Waals surface area contributed by atoms with Crippen LogP contribution in [0.4, 0.5) is 5.69 Å². The molecule has 1 atom stereocenters. The van der Waals surface area contributed by atoms with Gasteiger partial charge < -0.3 is 14.1 Å². The fourth-order valence-electron chi connectivity index (χ4n) is 3.09. The third kappa shape index (κ3) is 2.22. The molecule has 2 aliphatic rings. The van der Waals surface area contributed by atoms with Gasteiger partial charge in [0, 0.05) is 25.1 Å². The van der Waals surface area contributed by atoms with E-state index in [1.807, 2.05) is 24.3 Å². The monoisotopic (exact) mass is 298 g/mol. The minimum atomic E-state index is -0.0927. The molecule has 5 nitrogen and oxygen atoms in total. The number of amides is 1. The minimum absolute atomic E-state index is 0.00938. The van der Waals surface area contributed by atoms with Gasteiger partial charge in [0.1, 0.15) is 5.76 Å². The van der Waals surface area contributed by atoms with Crippen molar-refractivity contribution < 1.29 is 13.9 Å². The number of fused-ring (bicyclic) bond motifs is 1. The van der Waals surface area contributed by atoms with Gasteiger partial charge in [-0.3, -0.25) is 4.79 Å². The second-order valence-electron chi connectivity index (χ2n) is 5.95. The van der Waals surface area contributed by atoms with Crippen molar-refractivity contribution in [3.8, 4) is 0 Å². The molecule has 4 rings (SSSR count). The van der Waals surface area contributed by atoms with Crippen LogP contribution in [0.2, 0.25) is 0 Å². The Morgan fingerprint density at radius 3 is 2.95 bits per heavy atom. The Morgan fingerprint density at radius 2 is 2.18 bits per heavy atom. The first kappa shape index (κ1) is 13.5. The van der Waals surface area contributed by atoms with E-state index in [9.17, 15) is 4.79 Å². The fraction of sp³-hybridized carbons (Fsp3) is 0.412. The summed E-state index contributed by atoms with van der Waals surface area (Å²) in [4.78, 5) is 18.9. The number of hydrogen-bond donors (Lipinski definition) is 0. The van der Waals surface area contributed by atoms with E-state index >= 15 is 0 Å². The molecule has 1 unspecified atom stereocenters. The lowest BCUT2D eigenvalue weighted by atomic mass is 9.99. The first-order chi connectivity index (χ1) is 10.8. The van der Waals surface area contributed by atoms with Crippen molar-refractivity contribution in [1.29, 1.82) is 0 Å². The van der Waals surface area contributed by atoms with Crippen molar-refractivity contribution in [3.05, 3.63) is 47.7 Å². The Bertz CT molecular complexity index is 705. The van der Waals surface area contributed by atoms with Crippen LogP contribution in [0.1, 0.15) is 40.6 Å². The highest BCUT2D eigenvalue weighted by Gasteiger charge is 2.36. The fourth-order valence-corrected chi connectivity index (χ4v) is 3.09. The number of methoxy groups -OCH3 is 1. The lowest BCUT2D eigenvalue weighted by molar-refractivity contribution is 0.0865. The van der Waals surface area contributed by atoms with Gasteiger partial charge >= 0.3 is 0 Å². The van der Waals surface area contributed by atoms with E-state index in [1.165, 1.54) is 6.39 Å². The van der Waals surface area contributed by atoms with E-state index in [2.05, 4.69) is 4.98 Å². The number of benzene rings is 1. The van der Waals surface area contributed by atoms with Gasteiger partial charge in [0.2, 0.25) is 0 Å². The Kier molecular flexibility index (Phi) is 3.22. The normalized spacial score (nSPS) is 20.8. The van der Waals surface area contributed by atoms with Gasteiger partial charge in [0.05, 0.1) is 12.6 Å². The minimum Gasteiger partial charge on any atom is -0.447 e. The van der Waals surface area contributed by atoms with Crippen molar-refractivity contribution >= 4 is 11.6 Å². The van der Waals surface area contributed by atoms with Crippen molar-refractivity contribution in [3.63, 3.8) is 0 Å². The van der Waals surface area contributed by atoms with E-state index in [-0.39, 0.29) is 12.0 Å². The molecular formula is C17H18N2O3. The van der Waals surface area contributed by atoms with Gasteiger partial charge in [-0.2, -0.15) is 0 Å². The lowest BCUT2D eigenvalue weighted by Crippen LogP contribution is -2.43. The third-order valence-electron chi connectivity index (χ3n) is 4.44. The number of aromatic nitrogens is 1. The van der Waals surface area contributed by atoms with Crippen molar-refractivity contribution in [1.82, 2.24) is 4.98 Å². The van der Waals surface area contributed by atoms with Crippen molar-refractivity contribution in [2.75, 3.05) is 18.6 Å². The molecule has 1 aliphatic carbocycles. The molecule has 1 fully saturated rings. The number of carbonyl (C=O) groups is 1. The van der Waals surface area contributed by atoms with E-state index in [1.54, 1.807) is 12.0 Å². The highest BCUT2D eigenvalue weighted by atomic mass is 16.5. The summed E-state index contributed by atoms with van der Waals surface area (Å²) < 4.78 is 10.9. The van der Waals surface area contributed by atoms with Crippen LogP contribution in [-0.2, 0) is 11.2 Å². The topological polar surface area (TPSA) is 55.6 Å². The van der Waals surface area contributed by atoms with Gasteiger partial charge in [-0.25, -0.2) is 4.98 Å². The summed E-state index contributed by atoms with van der Waals surface area (Å²) in [5, 5.41) is 0. The maximum Gasteiger partial charge on any atom is 0.280 e. The number of oxazole rings is 1. The lowest BCUT2D eigenvalue weighted by Gasteiger charge is -2.33. The number of carbonyl (C=O) groups excluding carboxylic acids is 1. The van der Waals surface area contributed by atoms with Crippen LogP contribution in [0.15, 0.2) is 35.1 Å². The van der Waals surface area contributed by atoms with Crippen LogP contribution in [0.25, 0.3) is 0 Å². The molecule has 22 heavy (non-hydrogen) atoms. The van der Waals surface area contributed by atoms with Crippen LogP contribution < -0.4 is 4.90 Å². The summed E-state index contributed by atoms with van der Waals surface area (Å²) in [7, 11) is 1.69. The third-order valence-corrected chi connectivity index (χ3v) is 4.44. The van der Waals surface area contributed by atoms with Gasteiger partial charge in [-0.1, -0.05) is 18.2 Å². The molecule has 114 valence electrons. The largest absolute Gasteiger partial charge is 0.447 e. The molecule has 0 bridgehead atoms. The summed E-state index contributed by atoms with van der Waals surface area (Å²) in [5.41, 5.74) is 2.53. The smallest absolute Gasteiger partial charge is 0.280 e. The maximum atomic E-state index is 13.0. The predicted octanol–water partition coefficient (Wildman–Crippen LogP) is 2.77. The Balaban J connectivity index is 1.71. The SMILES string of the molecule is COC1Cc2ccccc2N(C(=O)c2ncoc2C2CC2)C1. The van der Waals surface area contributed by atoms with Crippen LogP contribution in [0.3, 0.4) is 0 Å². The zero-order chi connectivity index (χ0) is 15.1. The molecule has 1 amide bonds. The second kappa shape index (κ2) is 5.25. The molecule has 1 aromatic heterocycles. The number of hydrogen-bond acceptors (Lipinski definition) is 4. The number of nitrogens with zero attached hydrogens (tertiary/aromatic N) is 2. The summed E-state index contributed by atoms with van der Waals surface area (Å²) in [6.07, 6.45) is 4.37. The molecule has 2 heterocycles. The van der Waals surface area contributed by atoms with Crippen LogP contribution in [0.5, 0.6) is 0 Å². The Labute approximate surface area is 128 Å². The van der Waals surface area contributed by atoms with Gasteiger partial charge in [-0.05, 0) is 24.5 Å². The molecule has 0 radical (unpaired) electrons. The number of para-hydroxylation sites is 1. The number of ether oxygens (including phenoxy) is 1. The van der Waals surface area contributed by atoms with Gasteiger partial charge in [-0.15, -0.1) is 0 Å². The van der Waals surface area contributed by atoms with Crippen LogP contribution in [-0.4, -0.2) is 30.6 Å². The molecule has 1 aromatic carbocycles. The predicted molar refractivity (Wildman–Crippen MR) is 81.1 cm³/mol. The summed E-state index contributed by atoms with van der Waals surface area (Å²) in [6, 6.07) is 7.98. The highest BCUT2D eigenvalue weighted by Crippen LogP contribution is 2.42. The van der Waals surface area contributed by atoms with E-state index in [0.29, 0.717) is 18.2 Å². The van der Waals surface area contributed by atoms with E-state index in [0.717, 1.165) is 36.3 Å². The standard InChI is InChI=1S/C17H18N2O3/c1-21-13-8-12-4-2-3-5-14(12)19(9-13)17(20)15-16(11-6-7-11)22-10-18-15/h2-5,10-11,13H,6-9H2,1H3. The molecule has 2 aromatic rings. The summed E-state index contributed by atoms with van der Waals surface area (Å²) in [5.74, 6) is 1.01. The molecule has 1 aliphatic heterocycles. The average Bonchev–Trinajstić information content (AvgIpc) is 3.30. The second-order valence-corrected chi connectivity index (χ2v) is 5.95. The van der Waals surface area contributed by atoms with Crippen molar-refractivity contribution in [2.24, 2.45) is 0 Å². The molecule has 5 heteroatoms. The zero-order valence-electron chi connectivity index (χ0n) is 12.5. The Morgan fingerprint density at radius 1 is 1.36 bits per heavy atom. The molecular weight excluding hydrogens is 280 g/mol. The molecule has 0 N–H and O–H groups in total. The summed E-state index contributed by atoms with van der Waals surface area (Å²) in [6.45, 7) is 0.545. The van der Waals surface area contributed by atoms with Crippen molar-refractivity contribution in [2.45, 2.75) is 31.3 Å². The van der Waals surface area contributed by atoms with Crippen LogP contribution >= 0.6 is 0 Å². The van der Waals surface area contributed by atoms with Crippen LogP contribution in [0, 0.1) is 0 Å². The Hall–Kier alpha value is -2.14. The zero-order valence-corrected chi connectivity index (χ0v) is 12.5. The first-order valence-electron chi connectivity index (χ1n) is 7.64. The average molecular weight is 298 g/mol. The molecule has 0 spiro atoms. The molecule has 0 saturated heterocycles. The summed E-state index contributed by atoms with van der Waals surface area (Å²) >= 11 is 0. The quantitative estimate of drug-likeness (QED) is 0.874. The maximum absolute atomic E-state index is 13.0. The van der Waals surface area contributed by atoms with E-state index in [4.69, 9.17) is 9.15 Å². The van der Waals surface area contributed by atoms with Gasteiger partial charge in [0.25, 0.3) is 5.91 Å². The van der Waals surface area contributed by atoms with E-state index < -0.39 is 0 Å².